The number of nitrogens with zero attached hydrogens (tertiary/aromatic N) is 1. The average molecular weight is 168 g/mol. The van der Waals surface area contributed by atoms with Gasteiger partial charge in [0.1, 0.15) is 0 Å². The molecule has 2 atom stereocenters. The molecule has 12 heavy (non-hydrogen) atoms. The fraction of sp³-hybridized carbons (Fsp3) is 0.900. The Bertz CT molecular complexity index is 165. The van der Waals surface area contributed by atoms with Gasteiger partial charge in [0.05, 0.1) is 5.84 Å². The summed E-state index contributed by atoms with van der Waals surface area (Å²) in [6.07, 6.45) is 3.45. The van der Waals surface area contributed by atoms with E-state index >= 15 is 0 Å². The normalized spacial score (nSPS) is 30.4. The van der Waals surface area contributed by atoms with Gasteiger partial charge in [-0.3, -0.25) is 5.41 Å². The number of hydrogen-bond donors (Lipinski definition) is 1. The van der Waals surface area contributed by atoms with Gasteiger partial charge in [-0.05, 0) is 25.7 Å². The third-order valence-corrected chi connectivity index (χ3v) is 2.80. The topological polar surface area (TPSA) is 27.1 Å². The van der Waals surface area contributed by atoms with Crippen LogP contribution in [0.3, 0.4) is 0 Å². The van der Waals surface area contributed by atoms with Gasteiger partial charge in [-0.2, -0.15) is 0 Å². The highest BCUT2D eigenvalue weighted by atomic mass is 15.2. The summed E-state index contributed by atoms with van der Waals surface area (Å²) < 4.78 is 0. The Kier molecular flexibility index (Phi) is 3.12. The van der Waals surface area contributed by atoms with Crippen molar-refractivity contribution >= 4 is 5.84 Å². The Morgan fingerprint density at radius 3 is 2.67 bits per heavy atom. The molecule has 0 aromatic carbocycles. The quantitative estimate of drug-likeness (QED) is 0.472. The number of amidine groups is 1. The van der Waals surface area contributed by atoms with E-state index < -0.39 is 0 Å². The zero-order chi connectivity index (χ0) is 9.14. The van der Waals surface area contributed by atoms with Crippen LogP contribution < -0.4 is 0 Å². The van der Waals surface area contributed by atoms with Crippen molar-refractivity contribution in [1.82, 2.24) is 4.90 Å². The van der Waals surface area contributed by atoms with Crippen LogP contribution in [0.25, 0.3) is 0 Å². The molecule has 0 aromatic heterocycles. The summed E-state index contributed by atoms with van der Waals surface area (Å²) in [5, 5.41) is 7.78. The van der Waals surface area contributed by atoms with Crippen molar-refractivity contribution < 1.29 is 0 Å². The fourth-order valence-electron chi connectivity index (χ4n) is 1.87. The van der Waals surface area contributed by atoms with Gasteiger partial charge in [-0.25, -0.2) is 0 Å². The first-order valence-corrected chi connectivity index (χ1v) is 4.99. The second kappa shape index (κ2) is 3.92. The van der Waals surface area contributed by atoms with Gasteiger partial charge in [0.25, 0.3) is 0 Å². The van der Waals surface area contributed by atoms with Gasteiger partial charge in [0.2, 0.25) is 0 Å². The highest BCUT2D eigenvalue weighted by Crippen LogP contribution is 2.21. The average Bonchev–Trinajstić information content (AvgIpc) is 2.08. The van der Waals surface area contributed by atoms with E-state index in [4.69, 9.17) is 5.41 Å². The van der Waals surface area contributed by atoms with Gasteiger partial charge in [-0.1, -0.05) is 13.8 Å². The van der Waals surface area contributed by atoms with E-state index in [1.54, 1.807) is 0 Å². The zero-order valence-corrected chi connectivity index (χ0v) is 8.43. The lowest BCUT2D eigenvalue weighted by molar-refractivity contribution is 0.203. The van der Waals surface area contributed by atoms with Crippen LogP contribution in [0.2, 0.25) is 0 Å². The van der Waals surface area contributed by atoms with E-state index in [1.165, 1.54) is 12.8 Å². The Hall–Kier alpha value is -0.530. The minimum absolute atomic E-state index is 0.591. The minimum Gasteiger partial charge on any atom is -0.358 e. The first-order chi connectivity index (χ1) is 5.65. The summed E-state index contributed by atoms with van der Waals surface area (Å²) in [5.74, 6) is 1.59. The standard InChI is InChI=1S/C10H20N2/c1-4-10(11)12-7-8(2)5-6-9(12)3/h8-9,11H,4-7H2,1-3H3. The molecule has 1 fully saturated rings. The molecule has 0 aromatic rings. The second-order valence-electron chi connectivity index (χ2n) is 3.98. The number of piperidine rings is 1. The van der Waals surface area contributed by atoms with Gasteiger partial charge in [0.15, 0.2) is 0 Å². The summed E-state index contributed by atoms with van der Waals surface area (Å²) in [5.41, 5.74) is 0. The van der Waals surface area contributed by atoms with Crippen molar-refractivity contribution in [1.29, 1.82) is 5.41 Å². The lowest BCUT2D eigenvalue weighted by Gasteiger charge is -2.38. The summed E-state index contributed by atoms with van der Waals surface area (Å²) in [4.78, 5) is 2.26. The van der Waals surface area contributed by atoms with Crippen molar-refractivity contribution in [3.05, 3.63) is 0 Å². The molecule has 0 amide bonds. The van der Waals surface area contributed by atoms with Crippen molar-refractivity contribution in [3.63, 3.8) is 0 Å². The highest BCUT2D eigenvalue weighted by molar-refractivity contribution is 5.79. The molecule has 1 aliphatic heterocycles. The Morgan fingerprint density at radius 1 is 1.42 bits per heavy atom. The predicted octanol–water partition coefficient (Wildman–Crippen LogP) is 2.49. The SMILES string of the molecule is CCC(=N)N1CC(C)CCC1C. The third kappa shape index (κ3) is 1.99. The highest BCUT2D eigenvalue weighted by Gasteiger charge is 2.23. The maximum atomic E-state index is 7.78. The van der Waals surface area contributed by atoms with Gasteiger partial charge in [0, 0.05) is 19.0 Å². The molecule has 1 N–H and O–H groups in total. The fourth-order valence-corrected chi connectivity index (χ4v) is 1.87. The molecule has 0 aliphatic carbocycles. The van der Waals surface area contributed by atoms with Crippen LogP contribution in [0, 0.1) is 11.3 Å². The van der Waals surface area contributed by atoms with Crippen LogP contribution in [0.15, 0.2) is 0 Å². The van der Waals surface area contributed by atoms with E-state index in [0.717, 1.165) is 24.7 Å². The van der Waals surface area contributed by atoms with Crippen molar-refractivity contribution in [2.24, 2.45) is 5.92 Å². The number of likely N-dealkylation sites (tertiary alicyclic amines) is 1. The minimum atomic E-state index is 0.591. The molecular weight excluding hydrogens is 148 g/mol. The summed E-state index contributed by atoms with van der Waals surface area (Å²) in [6, 6.07) is 0.591. The lowest BCUT2D eigenvalue weighted by Crippen LogP contribution is -2.44. The smallest absolute Gasteiger partial charge is 0.0957 e. The number of nitrogens with one attached hydrogen (secondary N) is 1. The molecule has 0 bridgehead atoms. The van der Waals surface area contributed by atoms with Gasteiger partial charge < -0.3 is 4.90 Å². The van der Waals surface area contributed by atoms with E-state index in [1.807, 2.05) is 0 Å². The summed E-state index contributed by atoms with van der Waals surface area (Å²) in [6.45, 7) is 7.67. The van der Waals surface area contributed by atoms with Crippen LogP contribution in [-0.2, 0) is 0 Å². The largest absolute Gasteiger partial charge is 0.358 e. The third-order valence-electron chi connectivity index (χ3n) is 2.80. The van der Waals surface area contributed by atoms with Crippen molar-refractivity contribution in [2.45, 2.75) is 46.1 Å². The molecule has 1 aliphatic rings. The van der Waals surface area contributed by atoms with Crippen LogP contribution in [0.5, 0.6) is 0 Å². The first-order valence-electron chi connectivity index (χ1n) is 4.99. The van der Waals surface area contributed by atoms with Crippen LogP contribution in [0.1, 0.15) is 40.0 Å². The molecule has 0 spiro atoms. The van der Waals surface area contributed by atoms with E-state index in [9.17, 15) is 0 Å². The molecule has 70 valence electrons. The molecule has 1 saturated heterocycles. The lowest BCUT2D eigenvalue weighted by atomic mass is 9.95. The molecular formula is C10H20N2. The van der Waals surface area contributed by atoms with Crippen LogP contribution >= 0.6 is 0 Å². The predicted molar refractivity (Wildman–Crippen MR) is 52.6 cm³/mol. The second-order valence-corrected chi connectivity index (χ2v) is 3.98. The Labute approximate surface area is 75.5 Å². The van der Waals surface area contributed by atoms with Crippen molar-refractivity contribution in [3.8, 4) is 0 Å². The number of rotatable bonds is 1. The van der Waals surface area contributed by atoms with E-state index in [0.29, 0.717) is 6.04 Å². The monoisotopic (exact) mass is 168 g/mol. The van der Waals surface area contributed by atoms with E-state index in [2.05, 4.69) is 25.7 Å². The van der Waals surface area contributed by atoms with E-state index in [-0.39, 0.29) is 0 Å². The molecule has 2 unspecified atom stereocenters. The van der Waals surface area contributed by atoms with Crippen LogP contribution in [0.4, 0.5) is 0 Å². The van der Waals surface area contributed by atoms with Gasteiger partial charge >= 0.3 is 0 Å². The van der Waals surface area contributed by atoms with Crippen molar-refractivity contribution in [2.75, 3.05) is 6.54 Å². The van der Waals surface area contributed by atoms with Gasteiger partial charge in [-0.15, -0.1) is 0 Å². The zero-order valence-electron chi connectivity index (χ0n) is 8.43. The molecule has 0 radical (unpaired) electrons. The molecule has 1 rings (SSSR count). The molecule has 0 saturated carbocycles. The first kappa shape index (κ1) is 9.56. The number of hydrogen-bond acceptors (Lipinski definition) is 1. The maximum Gasteiger partial charge on any atom is 0.0957 e. The molecule has 2 heteroatoms. The summed E-state index contributed by atoms with van der Waals surface area (Å²) >= 11 is 0. The summed E-state index contributed by atoms with van der Waals surface area (Å²) in [7, 11) is 0. The maximum absolute atomic E-state index is 7.78. The Morgan fingerprint density at radius 2 is 2.08 bits per heavy atom. The molecule has 2 nitrogen and oxygen atoms in total. The van der Waals surface area contributed by atoms with Crippen LogP contribution in [-0.4, -0.2) is 23.3 Å². The Balaban J connectivity index is 2.54. The molecule has 1 heterocycles.